The second-order valence-corrected chi connectivity index (χ2v) is 5.45. The van der Waals surface area contributed by atoms with Crippen LogP contribution in [0.2, 0.25) is 0 Å². The van der Waals surface area contributed by atoms with Crippen LogP contribution in [0.3, 0.4) is 0 Å². The average Bonchev–Trinajstić information content (AvgIpc) is 2.40. The maximum Gasteiger partial charge on any atom is 0.320 e. The van der Waals surface area contributed by atoms with Gasteiger partial charge in [0.2, 0.25) is 0 Å². The molecule has 0 aliphatic rings. The Bertz CT molecular complexity index is 556. The van der Waals surface area contributed by atoms with E-state index in [-0.39, 0.29) is 18.4 Å². The van der Waals surface area contributed by atoms with Gasteiger partial charge in [-0.3, -0.25) is 9.59 Å². The highest BCUT2D eigenvalue weighted by Gasteiger charge is 2.41. The smallest absolute Gasteiger partial charge is 0.320 e. The van der Waals surface area contributed by atoms with Gasteiger partial charge >= 0.3 is 11.9 Å². The molecule has 0 radical (unpaired) electrons. The number of carbonyl (C=O) groups excluding carboxylic acids is 1. The molecule has 0 fully saturated rings. The Hall–Kier alpha value is -1.91. The third kappa shape index (κ3) is 3.56. The van der Waals surface area contributed by atoms with Crippen molar-refractivity contribution >= 4 is 39.4 Å². The maximum atomic E-state index is 11.0. The molecule has 2 N–H and O–H groups in total. The van der Waals surface area contributed by atoms with Gasteiger partial charge in [-0.15, -0.1) is 0 Å². The highest BCUT2D eigenvalue weighted by atomic mass is 79.9. The zero-order valence-corrected chi connectivity index (χ0v) is 12.3. The van der Waals surface area contributed by atoms with Gasteiger partial charge in [-0.05, 0) is 37.5 Å². The molecule has 0 aliphatic heterocycles. The van der Waals surface area contributed by atoms with Crippen LogP contribution in [-0.4, -0.2) is 28.1 Å². The predicted octanol–water partition coefficient (Wildman–Crippen LogP) is 2.62. The van der Waals surface area contributed by atoms with E-state index in [1.165, 1.54) is 0 Å². The highest BCUT2D eigenvalue weighted by molar-refractivity contribution is 9.10. The second kappa shape index (κ2) is 6.50. The van der Waals surface area contributed by atoms with Gasteiger partial charge in [0.25, 0.3) is 0 Å². The average molecular weight is 341 g/mol. The van der Waals surface area contributed by atoms with E-state index >= 15 is 0 Å². The number of aliphatic carboxylic acids is 2. The molecule has 106 valence electrons. The fourth-order valence-corrected chi connectivity index (χ4v) is 1.85. The quantitative estimate of drug-likeness (QED) is 0.613. The summed E-state index contributed by atoms with van der Waals surface area (Å²) in [6.45, 7) is 1.13. The van der Waals surface area contributed by atoms with Gasteiger partial charge in [-0.25, -0.2) is 4.79 Å². The number of carboxylic acid groups (broad SMARTS) is 2. The summed E-state index contributed by atoms with van der Waals surface area (Å²) in [5, 5.41) is 18.0. The number of hydrogen-bond donors (Lipinski definition) is 2. The molecule has 0 atom stereocenters. The molecule has 0 amide bonds. The lowest BCUT2D eigenvalue weighted by Crippen LogP contribution is -2.36. The molecule has 0 saturated carbocycles. The van der Waals surface area contributed by atoms with Gasteiger partial charge in [-0.2, -0.15) is 0 Å². The topological polar surface area (TPSA) is 91.7 Å². The third-order valence-electron chi connectivity index (χ3n) is 3.13. The molecule has 0 bridgehead atoms. The molecule has 6 heteroatoms. The van der Waals surface area contributed by atoms with Gasteiger partial charge in [0.05, 0.1) is 0 Å². The monoisotopic (exact) mass is 340 g/mol. The first kappa shape index (κ1) is 16.1. The van der Waals surface area contributed by atoms with Gasteiger partial charge in [-0.1, -0.05) is 28.1 Å². The lowest BCUT2D eigenvalue weighted by Gasteiger charge is -2.19. The van der Waals surface area contributed by atoms with Crippen molar-refractivity contribution in [1.82, 2.24) is 0 Å². The van der Waals surface area contributed by atoms with E-state index in [0.29, 0.717) is 5.56 Å². The first-order chi connectivity index (χ1) is 9.31. The molecular weight excluding hydrogens is 328 g/mol. The molecule has 0 aromatic heterocycles. The second-order valence-electron chi connectivity index (χ2n) is 4.53. The first-order valence-electron chi connectivity index (χ1n) is 5.78. The minimum absolute atomic E-state index is 0.0280. The molecular formula is C14H13BrO5. The van der Waals surface area contributed by atoms with Crippen LogP contribution in [0.25, 0.3) is 5.57 Å². The third-order valence-corrected chi connectivity index (χ3v) is 3.66. The molecule has 0 unspecified atom stereocenters. The van der Waals surface area contributed by atoms with Crippen molar-refractivity contribution in [3.63, 3.8) is 0 Å². The summed E-state index contributed by atoms with van der Waals surface area (Å²) in [6.07, 6.45) is -0.154. The van der Waals surface area contributed by atoms with Crippen LogP contribution in [0, 0.1) is 5.41 Å². The van der Waals surface area contributed by atoms with Crippen molar-refractivity contribution in [2.24, 2.45) is 5.41 Å². The van der Waals surface area contributed by atoms with E-state index in [4.69, 9.17) is 10.2 Å². The van der Waals surface area contributed by atoms with Crippen LogP contribution in [0.1, 0.15) is 25.3 Å². The van der Waals surface area contributed by atoms with E-state index in [1.54, 1.807) is 30.2 Å². The van der Waals surface area contributed by atoms with Crippen molar-refractivity contribution in [2.45, 2.75) is 19.8 Å². The Labute approximate surface area is 124 Å². The number of hydrogen-bond acceptors (Lipinski definition) is 3. The van der Waals surface area contributed by atoms with Gasteiger partial charge in [0, 0.05) is 10.0 Å². The van der Waals surface area contributed by atoms with Gasteiger partial charge < -0.3 is 10.2 Å². The first-order valence-corrected chi connectivity index (χ1v) is 6.57. The van der Waals surface area contributed by atoms with Crippen LogP contribution < -0.4 is 0 Å². The van der Waals surface area contributed by atoms with E-state index in [2.05, 4.69) is 15.9 Å². The molecule has 0 spiro atoms. The lowest BCUT2D eigenvalue weighted by molar-refractivity contribution is -0.163. The van der Waals surface area contributed by atoms with E-state index < -0.39 is 17.4 Å². The molecule has 0 aliphatic carbocycles. The van der Waals surface area contributed by atoms with Gasteiger partial charge in [0.15, 0.2) is 5.41 Å². The van der Waals surface area contributed by atoms with Gasteiger partial charge in [0.1, 0.15) is 5.94 Å². The van der Waals surface area contributed by atoms with Crippen LogP contribution in [0.15, 0.2) is 28.7 Å². The fraction of sp³-hybridized carbons (Fsp3) is 0.286. The number of carbonyl (C=O) groups is 2. The van der Waals surface area contributed by atoms with Crippen LogP contribution >= 0.6 is 15.9 Å². The van der Waals surface area contributed by atoms with Crippen LogP contribution in [-0.2, 0) is 14.4 Å². The fourth-order valence-electron chi connectivity index (χ4n) is 1.59. The van der Waals surface area contributed by atoms with E-state index in [1.807, 2.05) is 0 Å². The Morgan fingerprint density at radius 3 is 2.10 bits per heavy atom. The number of halogens is 1. The molecule has 1 aromatic rings. The summed E-state index contributed by atoms with van der Waals surface area (Å²) >= 11 is 3.26. The largest absolute Gasteiger partial charge is 0.480 e. The minimum atomic E-state index is -1.92. The Morgan fingerprint density at radius 1 is 1.20 bits per heavy atom. The molecule has 0 saturated heterocycles. The maximum absolute atomic E-state index is 11.0. The van der Waals surface area contributed by atoms with Crippen LogP contribution in [0.4, 0.5) is 0 Å². The summed E-state index contributed by atoms with van der Waals surface area (Å²) in [5.74, 6) is -1.10. The Kier molecular flexibility index (Phi) is 5.25. The van der Waals surface area contributed by atoms with E-state index in [0.717, 1.165) is 11.4 Å². The summed E-state index contributed by atoms with van der Waals surface area (Å²) < 4.78 is 0.840. The number of allylic oxidation sites excluding steroid dienone is 1. The molecule has 20 heavy (non-hydrogen) atoms. The molecule has 1 rings (SSSR count). The van der Waals surface area contributed by atoms with Crippen molar-refractivity contribution in [1.29, 1.82) is 0 Å². The predicted molar refractivity (Wildman–Crippen MR) is 75.9 cm³/mol. The summed E-state index contributed by atoms with van der Waals surface area (Å²) in [6, 6.07) is 6.84. The summed E-state index contributed by atoms with van der Waals surface area (Å²) in [4.78, 5) is 33.1. The van der Waals surface area contributed by atoms with Crippen molar-refractivity contribution < 1.29 is 24.6 Å². The lowest BCUT2D eigenvalue weighted by atomic mass is 9.83. The Balaban J connectivity index is 2.91. The molecule has 1 aromatic carbocycles. The number of benzene rings is 1. The zero-order chi connectivity index (χ0) is 15.3. The highest BCUT2D eigenvalue weighted by Crippen LogP contribution is 2.29. The summed E-state index contributed by atoms with van der Waals surface area (Å²) in [7, 11) is 0. The standard InChI is InChI=1S/C14H13BrO5/c1-14(12(17)18,13(19)20)7-6-10(8-16)9-2-4-11(15)5-3-9/h2-5H,6-7H2,1H3,(H,17,18)(H,19,20). The zero-order valence-electron chi connectivity index (χ0n) is 10.7. The minimum Gasteiger partial charge on any atom is -0.480 e. The van der Waals surface area contributed by atoms with E-state index in [9.17, 15) is 14.4 Å². The van der Waals surface area contributed by atoms with Crippen molar-refractivity contribution in [3.8, 4) is 0 Å². The van der Waals surface area contributed by atoms with Crippen molar-refractivity contribution in [3.05, 3.63) is 34.3 Å². The Morgan fingerprint density at radius 2 is 1.70 bits per heavy atom. The number of rotatable bonds is 6. The molecule has 5 nitrogen and oxygen atoms in total. The normalized spacial score (nSPS) is 10.7. The SMILES string of the molecule is CC(CCC(=C=O)c1ccc(Br)cc1)(C(=O)O)C(=O)O. The molecule has 0 heterocycles. The summed E-state index contributed by atoms with van der Waals surface area (Å²) in [5.41, 5.74) is -1.06. The number of carboxylic acids is 2. The van der Waals surface area contributed by atoms with Crippen molar-refractivity contribution in [2.75, 3.05) is 0 Å². The van der Waals surface area contributed by atoms with Crippen LogP contribution in [0.5, 0.6) is 0 Å².